The van der Waals surface area contributed by atoms with E-state index in [1.807, 2.05) is 0 Å². The maximum atomic E-state index is 10.7. The summed E-state index contributed by atoms with van der Waals surface area (Å²) in [5, 5.41) is 23.2. The van der Waals surface area contributed by atoms with Crippen LogP contribution in [0.4, 0.5) is 0 Å². The Kier molecular flexibility index (Phi) is 2.45. The minimum Gasteiger partial charge on any atom is -0.459 e. The third kappa shape index (κ3) is 1.50. The summed E-state index contributed by atoms with van der Waals surface area (Å²) in [7, 11) is 0. The lowest BCUT2D eigenvalue weighted by atomic mass is 9.91. The average molecular weight is 277 g/mol. The van der Waals surface area contributed by atoms with Gasteiger partial charge in [0.15, 0.2) is 11.9 Å². The normalized spacial score (nSPS) is 49.9. The first-order valence-electron chi connectivity index (χ1n) is 5.65. The maximum absolute atomic E-state index is 10.7. The molecule has 18 heavy (non-hydrogen) atoms. The zero-order valence-electron chi connectivity index (χ0n) is 10.0. The van der Waals surface area contributed by atoms with Crippen molar-refractivity contribution >= 4 is 17.4 Å². The van der Waals surface area contributed by atoms with Crippen molar-refractivity contribution in [2.75, 3.05) is 13.2 Å². The van der Waals surface area contributed by atoms with E-state index >= 15 is 0 Å². The Labute approximate surface area is 109 Å². The van der Waals surface area contributed by atoms with E-state index in [0.29, 0.717) is 0 Å². The van der Waals surface area contributed by atoms with Gasteiger partial charge in [0.05, 0.1) is 6.61 Å². The van der Waals surface area contributed by atoms with Crippen molar-refractivity contribution < 1.29 is 29.2 Å². The van der Waals surface area contributed by atoms with Crippen LogP contribution >= 0.6 is 12.2 Å². The molecule has 0 bridgehead atoms. The highest BCUT2D eigenvalue weighted by Gasteiger charge is 2.71. The summed E-state index contributed by atoms with van der Waals surface area (Å²) >= 11 is 4.88. The lowest BCUT2D eigenvalue weighted by Gasteiger charge is -2.46. The van der Waals surface area contributed by atoms with Crippen molar-refractivity contribution in [1.29, 1.82) is 0 Å². The molecule has 102 valence electrons. The fraction of sp³-hybridized carbons (Fsp3) is 0.900. The quantitative estimate of drug-likeness (QED) is 0.477. The van der Waals surface area contributed by atoms with Gasteiger partial charge in [-0.3, -0.25) is 0 Å². The van der Waals surface area contributed by atoms with E-state index in [2.05, 4.69) is 5.32 Å². The monoisotopic (exact) mass is 277 g/mol. The largest absolute Gasteiger partial charge is 0.459 e. The highest BCUT2D eigenvalue weighted by molar-refractivity contribution is 7.80. The Morgan fingerprint density at radius 1 is 1.39 bits per heavy atom. The van der Waals surface area contributed by atoms with Crippen molar-refractivity contribution in [2.45, 2.75) is 43.4 Å². The first-order chi connectivity index (χ1) is 8.28. The van der Waals surface area contributed by atoms with Gasteiger partial charge in [-0.05, 0) is 26.1 Å². The molecule has 0 saturated carbocycles. The Balaban J connectivity index is 1.99. The van der Waals surface area contributed by atoms with Gasteiger partial charge in [0, 0.05) is 0 Å². The molecule has 0 radical (unpaired) electrons. The van der Waals surface area contributed by atoms with Gasteiger partial charge in [-0.25, -0.2) is 0 Å². The van der Waals surface area contributed by atoms with Crippen LogP contribution in [0.2, 0.25) is 0 Å². The Morgan fingerprint density at radius 2 is 2.11 bits per heavy atom. The number of thiocarbonyl (C=S) groups is 1. The van der Waals surface area contributed by atoms with E-state index in [4.69, 9.17) is 31.2 Å². The van der Waals surface area contributed by atoms with Crippen LogP contribution in [0.25, 0.3) is 0 Å². The molecule has 3 rings (SSSR count). The van der Waals surface area contributed by atoms with Gasteiger partial charge >= 0.3 is 0 Å². The number of aliphatic hydroxyl groups is 2. The molecular weight excluding hydrogens is 262 g/mol. The number of nitrogens with one attached hydrogen (secondary N) is 1. The van der Waals surface area contributed by atoms with Gasteiger partial charge in [-0.15, -0.1) is 0 Å². The fourth-order valence-corrected chi connectivity index (χ4v) is 2.79. The summed E-state index contributed by atoms with van der Waals surface area (Å²) in [6.07, 6.45) is -1.95. The second kappa shape index (κ2) is 3.53. The van der Waals surface area contributed by atoms with Gasteiger partial charge in [-0.2, -0.15) is 0 Å². The van der Waals surface area contributed by atoms with Crippen LogP contribution in [-0.2, 0) is 18.9 Å². The predicted octanol–water partition coefficient (Wildman–Crippen LogP) is -1.18. The van der Waals surface area contributed by atoms with Gasteiger partial charge in [0.25, 0.3) is 5.17 Å². The van der Waals surface area contributed by atoms with E-state index in [9.17, 15) is 10.2 Å². The van der Waals surface area contributed by atoms with E-state index in [-0.39, 0.29) is 18.4 Å². The van der Waals surface area contributed by atoms with Crippen LogP contribution in [0, 0.1) is 0 Å². The average Bonchev–Trinajstić information content (AvgIpc) is 2.74. The zero-order chi connectivity index (χ0) is 13.2. The molecule has 1 spiro atoms. The van der Waals surface area contributed by atoms with Crippen molar-refractivity contribution in [1.82, 2.24) is 5.32 Å². The number of fused-ring (bicyclic) bond motifs is 2. The van der Waals surface area contributed by atoms with Crippen LogP contribution in [0.3, 0.4) is 0 Å². The first-order valence-corrected chi connectivity index (χ1v) is 6.06. The molecule has 4 atom stereocenters. The third-order valence-electron chi connectivity index (χ3n) is 3.38. The molecule has 3 saturated heterocycles. The molecule has 3 aliphatic rings. The maximum Gasteiger partial charge on any atom is 0.259 e. The SMILES string of the molecule is CC1(C)OC[C@]2(OC[C@@H](O)[C@H]3OC(=S)N[C@]32O)O1. The second-order valence-electron chi connectivity index (χ2n) is 5.14. The topological polar surface area (TPSA) is 89.4 Å². The fourth-order valence-electron chi connectivity index (χ4n) is 2.53. The highest BCUT2D eigenvalue weighted by Crippen LogP contribution is 2.45. The standard InChI is InChI=1S/C10H15NO6S/c1-8(2)15-4-9(17-8)10(13)6(5(12)3-14-9)16-7(18)11-10/h5-6,12-13H,3-4H2,1-2H3,(H,11,18)/t5-,6-,9+,10+/m1/s1. The predicted molar refractivity (Wildman–Crippen MR) is 61.4 cm³/mol. The van der Waals surface area contributed by atoms with E-state index in [1.54, 1.807) is 13.8 Å². The smallest absolute Gasteiger partial charge is 0.259 e. The van der Waals surface area contributed by atoms with Crippen molar-refractivity contribution in [2.24, 2.45) is 0 Å². The van der Waals surface area contributed by atoms with Crippen molar-refractivity contribution in [3.63, 3.8) is 0 Å². The lowest BCUT2D eigenvalue weighted by Crippen LogP contribution is -2.74. The van der Waals surface area contributed by atoms with E-state index in [0.717, 1.165) is 0 Å². The molecular formula is C10H15NO6S. The molecule has 7 nitrogen and oxygen atoms in total. The molecule has 0 aromatic rings. The number of hydrogen-bond donors (Lipinski definition) is 3. The molecule has 3 aliphatic heterocycles. The Hall–Kier alpha value is -0.510. The van der Waals surface area contributed by atoms with Crippen molar-refractivity contribution in [3.05, 3.63) is 0 Å². The van der Waals surface area contributed by atoms with Gasteiger partial charge < -0.3 is 34.5 Å². The van der Waals surface area contributed by atoms with Gasteiger partial charge in [0.2, 0.25) is 11.5 Å². The third-order valence-corrected chi connectivity index (χ3v) is 3.57. The summed E-state index contributed by atoms with van der Waals surface area (Å²) in [6, 6.07) is 0. The molecule has 0 aromatic carbocycles. The second-order valence-corrected chi connectivity index (χ2v) is 5.51. The molecule has 8 heteroatoms. The molecule has 0 aliphatic carbocycles. The van der Waals surface area contributed by atoms with Crippen LogP contribution in [0.15, 0.2) is 0 Å². The first kappa shape index (κ1) is 12.5. The lowest BCUT2D eigenvalue weighted by molar-refractivity contribution is -0.370. The van der Waals surface area contributed by atoms with Crippen LogP contribution in [0.1, 0.15) is 13.8 Å². The molecule has 0 amide bonds. The summed E-state index contributed by atoms with van der Waals surface area (Å²) in [5.41, 5.74) is -1.77. The van der Waals surface area contributed by atoms with E-state index in [1.165, 1.54) is 0 Å². The minimum atomic E-state index is -1.77. The minimum absolute atomic E-state index is 0.000249. The molecule has 3 heterocycles. The Bertz CT molecular complexity index is 404. The molecule has 3 fully saturated rings. The van der Waals surface area contributed by atoms with Crippen molar-refractivity contribution in [3.8, 4) is 0 Å². The van der Waals surface area contributed by atoms with E-state index < -0.39 is 29.5 Å². The summed E-state index contributed by atoms with van der Waals surface area (Å²) in [4.78, 5) is 0. The molecule has 3 N–H and O–H groups in total. The zero-order valence-corrected chi connectivity index (χ0v) is 10.8. The number of aliphatic hydroxyl groups excluding tert-OH is 1. The molecule has 0 unspecified atom stereocenters. The van der Waals surface area contributed by atoms with Crippen LogP contribution in [-0.4, -0.2) is 58.1 Å². The van der Waals surface area contributed by atoms with Crippen LogP contribution in [0.5, 0.6) is 0 Å². The van der Waals surface area contributed by atoms with Gasteiger partial charge in [0.1, 0.15) is 12.7 Å². The van der Waals surface area contributed by atoms with Gasteiger partial charge in [-0.1, -0.05) is 0 Å². The summed E-state index contributed by atoms with van der Waals surface area (Å²) in [6.45, 7) is 3.40. The summed E-state index contributed by atoms with van der Waals surface area (Å²) < 4.78 is 21.9. The number of rotatable bonds is 0. The summed E-state index contributed by atoms with van der Waals surface area (Å²) in [5.74, 6) is -2.34. The highest BCUT2D eigenvalue weighted by atomic mass is 32.1. The Morgan fingerprint density at radius 3 is 2.72 bits per heavy atom. The van der Waals surface area contributed by atoms with Crippen LogP contribution < -0.4 is 5.32 Å². The number of ether oxygens (including phenoxy) is 4. The number of hydrogen-bond acceptors (Lipinski definition) is 7. The molecule has 0 aromatic heterocycles.